The van der Waals surface area contributed by atoms with E-state index in [9.17, 15) is 5.11 Å². The van der Waals surface area contributed by atoms with Crippen LogP contribution in [0.15, 0.2) is 121 Å². The van der Waals surface area contributed by atoms with E-state index in [4.69, 9.17) is 9.84 Å². The molecule has 0 radical (unpaired) electrons. The molecule has 4 aromatic carbocycles. The maximum Gasteiger partial charge on any atom is 0.227 e. The van der Waals surface area contributed by atoms with E-state index in [0.717, 1.165) is 28.3 Å². The molecule has 0 aliphatic carbocycles. The van der Waals surface area contributed by atoms with Crippen LogP contribution in [0.25, 0.3) is 5.69 Å². The topological polar surface area (TPSA) is 50.5 Å². The SMILES string of the molecule is Cc1nn(-c2ccccc2)c(Oc2ccccc2)c1CN(Cc1ccccc1)CC(O)c1ccccc1. The van der Waals surface area contributed by atoms with Gasteiger partial charge in [-0.3, -0.25) is 4.90 Å². The van der Waals surface area contributed by atoms with Crippen LogP contribution in [0.4, 0.5) is 0 Å². The minimum Gasteiger partial charge on any atom is -0.439 e. The highest BCUT2D eigenvalue weighted by Crippen LogP contribution is 2.32. The first-order chi connectivity index (χ1) is 18.2. The van der Waals surface area contributed by atoms with Crippen LogP contribution in [0, 0.1) is 6.92 Å². The molecule has 5 rings (SSSR count). The molecule has 5 aromatic rings. The zero-order valence-electron chi connectivity index (χ0n) is 20.9. The summed E-state index contributed by atoms with van der Waals surface area (Å²) in [5, 5.41) is 16.0. The van der Waals surface area contributed by atoms with Crippen LogP contribution in [0.5, 0.6) is 11.6 Å². The van der Waals surface area contributed by atoms with Crippen molar-refractivity contribution < 1.29 is 9.84 Å². The van der Waals surface area contributed by atoms with E-state index >= 15 is 0 Å². The maximum absolute atomic E-state index is 11.1. The second-order valence-electron chi connectivity index (χ2n) is 9.11. The number of aromatic nitrogens is 2. The average Bonchev–Trinajstić information content (AvgIpc) is 3.25. The van der Waals surface area contributed by atoms with Gasteiger partial charge in [0.25, 0.3) is 0 Å². The minimum atomic E-state index is -0.618. The fourth-order valence-corrected chi connectivity index (χ4v) is 4.44. The van der Waals surface area contributed by atoms with Gasteiger partial charge in [0.1, 0.15) is 5.75 Å². The summed E-state index contributed by atoms with van der Waals surface area (Å²) in [6.07, 6.45) is -0.618. The van der Waals surface area contributed by atoms with Crippen molar-refractivity contribution in [1.82, 2.24) is 14.7 Å². The molecule has 5 heteroatoms. The Morgan fingerprint density at radius 2 is 1.32 bits per heavy atom. The molecule has 0 saturated heterocycles. The van der Waals surface area contributed by atoms with Crippen LogP contribution in [0.2, 0.25) is 0 Å². The molecule has 0 fully saturated rings. The first-order valence-electron chi connectivity index (χ1n) is 12.5. The van der Waals surface area contributed by atoms with Gasteiger partial charge in [-0.1, -0.05) is 97.1 Å². The lowest BCUT2D eigenvalue weighted by Crippen LogP contribution is -2.28. The summed E-state index contributed by atoms with van der Waals surface area (Å²) in [5.74, 6) is 1.43. The number of hydrogen-bond acceptors (Lipinski definition) is 4. The van der Waals surface area contributed by atoms with Crippen LogP contribution < -0.4 is 4.74 Å². The van der Waals surface area contributed by atoms with Gasteiger partial charge in [-0.2, -0.15) is 5.10 Å². The highest BCUT2D eigenvalue weighted by molar-refractivity contribution is 5.43. The molecule has 0 amide bonds. The van der Waals surface area contributed by atoms with E-state index in [2.05, 4.69) is 17.0 Å². The number of hydrogen-bond donors (Lipinski definition) is 1. The molecule has 0 aliphatic heterocycles. The van der Waals surface area contributed by atoms with E-state index in [1.807, 2.05) is 121 Å². The van der Waals surface area contributed by atoms with E-state index in [-0.39, 0.29) is 0 Å². The molecule has 37 heavy (non-hydrogen) atoms. The fraction of sp³-hybridized carbons (Fsp3) is 0.156. The van der Waals surface area contributed by atoms with Gasteiger partial charge in [-0.25, -0.2) is 4.68 Å². The van der Waals surface area contributed by atoms with Crippen LogP contribution in [0.1, 0.15) is 28.5 Å². The number of aryl methyl sites for hydroxylation is 1. The van der Waals surface area contributed by atoms with Crippen LogP contribution >= 0.6 is 0 Å². The summed E-state index contributed by atoms with van der Waals surface area (Å²) in [7, 11) is 0. The maximum atomic E-state index is 11.1. The number of aliphatic hydroxyl groups excluding tert-OH is 1. The highest BCUT2D eigenvalue weighted by Gasteiger charge is 2.23. The van der Waals surface area contributed by atoms with Gasteiger partial charge in [-0.15, -0.1) is 0 Å². The van der Waals surface area contributed by atoms with Gasteiger partial charge >= 0.3 is 0 Å². The number of nitrogens with zero attached hydrogens (tertiary/aromatic N) is 3. The van der Waals surface area contributed by atoms with Gasteiger partial charge in [-0.05, 0) is 42.3 Å². The Balaban J connectivity index is 1.51. The van der Waals surface area contributed by atoms with Crippen molar-refractivity contribution in [1.29, 1.82) is 0 Å². The highest BCUT2D eigenvalue weighted by atomic mass is 16.5. The predicted molar refractivity (Wildman–Crippen MR) is 147 cm³/mol. The van der Waals surface area contributed by atoms with Crippen molar-refractivity contribution in [3.05, 3.63) is 144 Å². The third kappa shape index (κ3) is 6.15. The molecule has 1 atom stereocenters. The summed E-state index contributed by atoms with van der Waals surface area (Å²) in [6.45, 7) is 3.74. The Hall–Kier alpha value is -4.19. The summed E-state index contributed by atoms with van der Waals surface area (Å²) in [5.41, 5.74) is 4.90. The molecule has 1 aromatic heterocycles. The number of benzene rings is 4. The van der Waals surface area contributed by atoms with Gasteiger partial charge in [0.15, 0.2) is 0 Å². The van der Waals surface area contributed by atoms with Crippen molar-refractivity contribution in [2.75, 3.05) is 6.54 Å². The average molecular weight is 490 g/mol. The summed E-state index contributed by atoms with van der Waals surface area (Å²) < 4.78 is 8.33. The summed E-state index contributed by atoms with van der Waals surface area (Å²) in [4.78, 5) is 2.25. The lowest BCUT2D eigenvalue weighted by atomic mass is 10.1. The van der Waals surface area contributed by atoms with Crippen molar-refractivity contribution in [3.63, 3.8) is 0 Å². The van der Waals surface area contributed by atoms with Crippen molar-refractivity contribution >= 4 is 0 Å². The van der Waals surface area contributed by atoms with Crippen LogP contribution in [0.3, 0.4) is 0 Å². The Morgan fingerprint density at radius 3 is 1.97 bits per heavy atom. The Morgan fingerprint density at radius 1 is 0.757 bits per heavy atom. The lowest BCUT2D eigenvalue weighted by molar-refractivity contribution is 0.104. The third-order valence-corrected chi connectivity index (χ3v) is 6.34. The van der Waals surface area contributed by atoms with E-state index in [1.54, 1.807) is 0 Å². The van der Waals surface area contributed by atoms with Crippen LogP contribution in [-0.4, -0.2) is 26.3 Å². The monoisotopic (exact) mass is 489 g/mol. The third-order valence-electron chi connectivity index (χ3n) is 6.34. The van der Waals surface area contributed by atoms with E-state index in [1.165, 1.54) is 5.56 Å². The molecular formula is C32H31N3O2. The Kier molecular flexibility index (Phi) is 7.75. The number of para-hydroxylation sites is 2. The standard InChI is InChI=1S/C32H31N3O2/c1-25-30(32(37-29-20-12-5-13-21-29)35(33-25)28-18-10-4-11-19-28)23-34(22-26-14-6-2-7-15-26)24-31(36)27-16-8-3-9-17-27/h2-21,31,36H,22-24H2,1H3. The van der Waals surface area contributed by atoms with Gasteiger partial charge in [0.2, 0.25) is 5.88 Å². The molecule has 5 nitrogen and oxygen atoms in total. The molecule has 0 bridgehead atoms. The number of ether oxygens (including phenoxy) is 1. The molecule has 1 N–H and O–H groups in total. The van der Waals surface area contributed by atoms with E-state index in [0.29, 0.717) is 25.5 Å². The molecule has 186 valence electrons. The second-order valence-corrected chi connectivity index (χ2v) is 9.11. The predicted octanol–water partition coefficient (Wildman–Crippen LogP) is 6.71. The van der Waals surface area contributed by atoms with E-state index < -0.39 is 6.10 Å². The normalized spacial score (nSPS) is 12.0. The molecule has 0 spiro atoms. The van der Waals surface area contributed by atoms with Crippen molar-refractivity contribution in [2.24, 2.45) is 0 Å². The summed E-state index contributed by atoms with van der Waals surface area (Å²) in [6, 6.07) is 40.0. The first-order valence-corrected chi connectivity index (χ1v) is 12.5. The molecule has 0 aliphatic rings. The lowest BCUT2D eigenvalue weighted by Gasteiger charge is -2.26. The quantitative estimate of drug-likeness (QED) is 0.237. The zero-order chi connectivity index (χ0) is 25.5. The second kappa shape index (κ2) is 11.7. The van der Waals surface area contributed by atoms with Gasteiger partial charge in [0.05, 0.1) is 23.0 Å². The van der Waals surface area contributed by atoms with Gasteiger partial charge in [0, 0.05) is 19.6 Å². The number of rotatable bonds is 10. The van der Waals surface area contributed by atoms with Crippen molar-refractivity contribution in [2.45, 2.75) is 26.1 Å². The molecular weight excluding hydrogens is 458 g/mol. The minimum absolute atomic E-state index is 0.472. The largest absolute Gasteiger partial charge is 0.439 e. The number of aliphatic hydroxyl groups is 1. The zero-order valence-corrected chi connectivity index (χ0v) is 20.9. The first kappa shape index (κ1) is 24.5. The molecule has 1 heterocycles. The molecule has 0 saturated carbocycles. The van der Waals surface area contributed by atoms with Crippen LogP contribution in [-0.2, 0) is 13.1 Å². The molecule has 1 unspecified atom stereocenters. The van der Waals surface area contributed by atoms with Crippen molar-refractivity contribution in [3.8, 4) is 17.3 Å². The van der Waals surface area contributed by atoms with Gasteiger partial charge < -0.3 is 9.84 Å². The smallest absolute Gasteiger partial charge is 0.227 e. The fourth-order valence-electron chi connectivity index (χ4n) is 4.44. The Bertz CT molecular complexity index is 1390. The Labute approximate surface area is 218 Å². The summed E-state index contributed by atoms with van der Waals surface area (Å²) >= 11 is 0.